The third-order valence-electron chi connectivity index (χ3n) is 3.56. The molecule has 3 rings (SSSR count). The minimum atomic E-state index is 0.787. The van der Waals surface area contributed by atoms with Gasteiger partial charge in [0, 0.05) is 34.7 Å². The number of benzene rings is 1. The van der Waals surface area contributed by atoms with Crippen LogP contribution in [0.1, 0.15) is 11.1 Å². The number of nitrogens with one attached hydrogen (secondary N) is 2. The van der Waals surface area contributed by atoms with Crippen molar-refractivity contribution >= 4 is 17.3 Å². The molecule has 102 valence electrons. The van der Waals surface area contributed by atoms with Gasteiger partial charge in [0.05, 0.1) is 0 Å². The van der Waals surface area contributed by atoms with Crippen LogP contribution in [0.3, 0.4) is 0 Å². The van der Waals surface area contributed by atoms with Gasteiger partial charge in [0.15, 0.2) is 0 Å². The maximum absolute atomic E-state index is 5.89. The molecule has 0 fully saturated rings. The van der Waals surface area contributed by atoms with Gasteiger partial charge in [-0.3, -0.25) is 0 Å². The molecular weight excluding hydrogens is 268 g/mol. The van der Waals surface area contributed by atoms with Gasteiger partial charge in [0.2, 0.25) is 0 Å². The van der Waals surface area contributed by atoms with Gasteiger partial charge in [-0.1, -0.05) is 29.8 Å². The third kappa shape index (κ3) is 2.66. The summed E-state index contributed by atoms with van der Waals surface area (Å²) in [7, 11) is 0. The fourth-order valence-electron chi connectivity index (χ4n) is 2.50. The van der Waals surface area contributed by atoms with Crippen molar-refractivity contribution in [2.75, 3.05) is 11.9 Å². The number of hydrogen-bond donors (Lipinski definition) is 2. The second-order valence-corrected chi connectivity index (χ2v) is 5.44. The molecule has 0 aromatic heterocycles. The summed E-state index contributed by atoms with van der Waals surface area (Å²) in [5, 5.41) is 4.31. The molecule has 2 N–H and O–H groups in total. The van der Waals surface area contributed by atoms with Gasteiger partial charge in [-0.2, -0.15) is 0 Å². The van der Waals surface area contributed by atoms with Crippen LogP contribution in [-0.2, 0) is 6.42 Å². The van der Waals surface area contributed by atoms with Crippen LogP contribution in [0.4, 0.5) is 5.69 Å². The first-order valence-electron chi connectivity index (χ1n) is 6.79. The molecule has 1 aliphatic carbocycles. The molecule has 0 bridgehead atoms. The average Bonchev–Trinajstić information content (AvgIpc) is 2.84. The Morgan fingerprint density at radius 3 is 2.65 bits per heavy atom. The van der Waals surface area contributed by atoms with Crippen molar-refractivity contribution in [3.05, 3.63) is 64.8 Å². The summed E-state index contributed by atoms with van der Waals surface area (Å²) < 4.78 is 0. The monoisotopic (exact) mass is 284 g/mol. The molecule has 20 heavy (non-hydrogen) atoms. The van der Waals surface area contributed by atoms with Crippen LogP contribution in [0.15, 0.2) is 48.7 Å². The van der Waals surface area contributed by atoms with Crippen LogP contribution in [0.5, 0.6) is 0 Å². The van der Waals surface area contributed by atoms with Crippen molar-refractivity contribution < 1.29 is 0 Å². The second-order valence-electron chi connectivity index (χ2n) is 5.00. The zero-order valence-electron chi connectivity index (χ0n) is 11.4. The lowest BCUT2D eigenvalue weighted by Crippen LogP contribution is -2.06. The molecule has 3 heteroatoms. The van der Waals surface area contributed by atoms with E-state index in [0.717, 1.165) is 18.0 Å². The SMILES string of the molecule is Cc1ccc2[nH]ccc(NCCc3ccc(Cl)cc3)c1-2. The Bertz CT molecular complexity index is 670. The van der Waals surface area contributed by atoms with Gasteiger partial charge in [0.25, 0.3) is 0 Å². The lowest BCUT2D eigenvalue weighted by Gasteiger charge is -2.12. The molecule has 1 heterocycles. The van der Waals surface area contributed by atoms with E-state index in [2.05, 4.69) is 47.6 Å². The number of H-pyrrole nitrogens is 1. The highest BCUT2D eigenvalue weighted by atomic mass is 35.5. The Labute approximate surface area is 124 Å². The molecule has 0 saturated heterocycles. The van der Waals surface area contributed by atoms with E-state index in [1.54, 1.807) is 0 Å². The fourth-order valence-corrected chi connectivity index (χ4v) is 2.63. The van der Waals surface area contributed by atoms with Crippen LogP contribution in [0, 0.1) is 6.92 Å². The van der Waals surface area contributed by atoms with E-state index in [0.29, 0.717) is 0 Å². The summed E-state index contributed by atoms with van der Waals surface area (Å²) in [6.45, 7) is 3.05. The number of fused-ring (bicyclic) bond motifs is 1. The molecule has 0 radical (unpaired) electrons. The molecule has 1 aliphatic heterocycles. The molecule has 1 aromatic rings. The molecular formula is C17H17ClN2. The summed E-state index contributed by atoms with van der Waals surface area (Å²) >= 11 is 5.89. The zero-order chi connectivity index (χ0) is 13.9. The van der Waals surface area contributed by atoms with E-state index in [4.69, 9.17) is 11.6 Å². The van der Waals surface area contributed by atoms with Crippen LogP contribution < -0.4 is 5.32 Å². The quantitative estimate of drug-likeness (QED) is 0.712. The Balaban J connectivity index is 1.68. The van der Waals surface area contributed by atoms with E-state index in [1.165, 1.54) is 28.1 Å². The number of anilines is 1. The largest absolute Gasteiger partial charge is 0.384 e. The molecule has 1 aromatic carbocycles. The summed E-state index contributed by atoms with van der Waals surface area (Å²) in [6, 6.07) is 14.4. The van der Waals surface area contributed by atoms with Gasteiger partial charge in [0.1, 0.15) is 0 Å². The minimum Gasteiger partial charge on any atom is -0.384 e. The van der Waals surface area contributed by atoms with E-state index in [9.17, 15) is 0 Å². The first-order valence-corrected chi connectivity index (χ1v) is 7.17. The molecule has 2 aliphatic rings. The molecule has 2 nitrogen and oxygen atoms in total. The van der Waals surface area contributed by atoms with Crippen molar-refractivity contribution in [1.29, 1.82) is 0 Å². The highest BCUT2D eigenvalue weighted by Gasteiger charge is 2.10. The van der Waals surface area contributed by atoms with E-state index >= 15 is 0 Å². The Morgan fingerprint density at radius 1 is 1.05 bits per heavy atom. The first kappa shape index (κ1) is 13.1. The smallest absolute Gasteiger partial charge is 0.0477 e. The van der Waals surface area contributed by atoms with Crippen LogP contribution in [0.2, 0.25) is 5.02 Å². The molecule has 0 saturated carbocycles. The summed E-state index contributed by atoms with van der Waals surface area (Å²) in [5.41, 5.74) is 6.24. The summed E-state index contributed by atoms with van der Waals surface area (Å²) in [4.78, 5) is 3.27. The number of aromatic nitrogens is 1. The average molecular weight is 285 g/mol. The highest BCUT2D eigenvalue weighted by molar-refractivity contribution is 6.30. The zero-order valence-corrected chi connectivity index (χ0v) is 12.2. The Kier molecular flexibility index (Phi) is 3.66. The van der Waals surface area contributed by atoms with Gasteiger partial charge >= 0.3 is 0 Å². The maximum atomic E-state index is 5.89. The van der Waals surface area contributed by atoms with Gasteiger partial charge in [-0.05, 0) is 48.7 Å². The Hall–Kier alpha value is -1.93. The van der Waals surface area contributed by atoms with Crippen molar-refractivity contribution in [1.82, 2.24) is 4.98 Å². The number of aromatic amines is 1. The topological polar surface area (TPSA) is 27.8 Å². The number of pyridine rings is 1. The lowest BCUT2D eigenvalue weighted by molar-refractivity contribution is 1.02. The predicted octanol–water partition coefficient (Wildman–Crippen LogP) is 4.74. The lowest BCUT2D eigenvalue weighted by atomic mass is 10.1. The molecule has 0 amide bonds. The van der Waals surface area contributed by atoms with Gasteiger partial charge in [-0.25, -0.2) is 0 Å². The summed E-state index contributed by atoms with van der Waals surface area (Å²) in [6.07, 6.45) is 2.96. The van der Waals surface area contributed by atoms with Gasteiger partial charge in [-0.15, -0.1) is 0 Å². The van der Waals surface area contributed by atoms with Gasteiger partial charge < -0.3 is 10.3 Å². The number of rotatable bonds is 4. The Morgan fingerprint density at radius 2 is 1.85 bits per heavy atom. The molecule has 0 atom stereocenters. The normalized spacial score (nSPS) is 10.9. The van der Waals surface area contributed by atoms with E-state index < -0.39 is 0 Å². The third-order valence-corrected chi connectivity index (χ3v) is 3.82. The number of hydrogen-bond acceptors (Lipinski definition) is 1. The van der Waals surface area contributed by atoms with E-state index in [1.807, 2.05) is 18.3 Å². The number of halogens is 1. The highest BCUT2D eigenvalue weighted by Crippen LogP contribution is 2.32. The molecule has 0 unspecified atom stereocenters. The van der Waals surface area contributed by atoms with Crippen molar-refractivity contribution in [3.8, 4) is 11.3 Å². The van der Waals surface area contributed by atoms with Crippen molar-refractivity contribution in [2.24, 2.45) is 0 Å². The minimum absolute atomic E-state index is 0.787. The van der Waals surface area contributed by atoms with Crippen LogP contribution >= 0.6 is 11.6 Å². The summed E-state index contributed by atoms with van der Waals surface area (Å²) in [5.74, 6) is 0. The van der Waals surface area contributed by atoms with Crippen LogP contribution in [0.25, 0.3) is 11.3 Å². The van der Waals surface area contributed by atoms with Crippen molar-refractivity contribution in [2.45, 2.75) is 13.3 Å². The maximum Gasteiger partial charge on any atom is 0.0477 e. The standard InChI is InChI=1S/C17H17ClN2/c1-12-2-7-15-17(12)16(9-11-20-15)19-10-8-13-3-5-14(18)6-4-13/h2-7,9,11,19-20H,8,10H2,1H3. The second kappa shape index (κ2) is 5.59. The fraction of sp³-hybridized carbons (Fsp3) is 0.176. The van der Waals surface area contributed by atoms with Crippen molar-refractivity contribution in [3.63, 3.8) is 0 Å². The number of aryl methyl sites for hydroxylation is 1. The van der Waals surface area contributed by atoms with E-state index in [-0.39, 0.29) is 0 Å². The predicted molar refractivity (Wildman–Crippen MR) is 85.8 cm³/mol. The van der Waals surface area contributed by atoms with Crippen LogP contribution in [-0.4, -0.2) is 11.5 Å². The first-order chi connectivity index (χ1) is 9.74. The molecule has 0 spiro atoms.